The van der Waals surface area contributed by atoms with Crippen LogP contribution in [0.3, 0.4) is 0 Å². The topological polar surface area (TPSA) is 114 Å². The van der Waals surface area contributed by atoms with Gasteiger partial charge in [-0.25, -0.2) is 18.4 Å². The highest BCUT2D eigenvalue weighted by molar-refractivity contribution is 14.1. The van der Waals surface area contributed by atoms with Crippen LogP contribution in [0.15, 0.2) is 42.0 Å². The average molecular weight is 598 g/mol. The van der Waals surface area contributed by atoms with Gasteiger partial charge in [-0.15, -0.1) is 11.3 Å². The third kappa shape index (κ3) is 5.35. The van der Waals surface area contributed by atoms with Crippen LogP contribution >= 0.6 is 33.9 Å². The number of anilines is 1. The Hall–Kier alpha value is -2.12. The van der Waals surface area contributed by atoms with Gasteiger partial charge in [-0.05, 0) is 60.4 Å². The zero-order valence-electron chi connectivity index (χ0n) is 18.2. The molecule has 2 heterocycles. The van der Waals surface area contributed by atoms with Gasteiger partial charge in [0.2, 0.25) is 10.0 Å². The van der Waals surface area contributed by atoms with Crippen molar-refractivity contribution in [1.29, 1.82) is 0 Å². The van der Waals surface area contributed by atoms with Crippen LogP contribution < -0.4 is 10.0 Å². The first-order valence-electron chi connectivity index (χ1n) is 10.6. The maximum absolute atomic E-state index is 13.1. The Morgan fingerprint density at radius 1 is 1.15 bits per heavy atom. The molecule has 11 heteroatoms. The summed E-state index contributed by atoms with van der Waals surface area (Å²) in [6.45, 7) is 3.96. The van der Waals surface area contributed by atoms with E-state index in [1.54, 1.807) is 24.5 Å². The number of hydrogen-bond donors (Lipinski definition) is 2. The van der Waals surface area contributed by atoms with Crippen LogP contribution in [0.25, 0.3) is 11.3 Å². The van der Waals surface area contributed by atoms with Crippen molar-refractivity contribution in [2.75, 3.05) is 4.72 Å². The van der Waals surface area contributed by atoms with E-state index in [1.165, 1.54) is 11.3 Å². The van der Waals surface area contributed by atoms with Crippen molar-refractivity contribution < 1.29 is 13.2 Å². The average Bonchev–Trinajstić information content (AvgIpc) is 3.58. The van der Waals surface area contributed by atoms with Crippen molar-refractivity contribution in [3.63, 3.8) is 0 Å². The second kappa shape index (κ2) is 9.63. The molecule has 1 saturated carbocycles. The lowest BCUT2D eigenvalue weighted by Gasteiger charge is -2.31. The van der Waals surface area contributed by atoms with Crippen molar-refractivity contribution in [2.24, 2.45) is 0 Å². The highest BCUT2D eigenvalue weighted by Gasteiger charge is 2.37. The normalized spacial score (nSPS) is 14.2. The van der Waals surface area contributed by atoms with Crippen LogP contribution in [0, 0.1) is 3.70 Å². The van der Waals surface area contributed by atoms with E-state index in [1.807, 2.05) is 31.4 Å². The zero-order valence-corrected chi connectivity index (χ0v) is 22.0. The van der Waals surface area contributed by atoms with Gasteiger partial charge in [0.1, 0.15) is 3.70 Å². The fourth-order valence-electron chi connectivity index (χ4n) is 3.54. The maximum atomic E-state index is 13.1. The molecule has 0 radical (unpaired) electrons. The number of rotatable bonds is 9. The summed E-state index contributed by atoms with van der Waals surface area (Å²) in [5.41, 5.74) is 2.10. The number of nitrogens with one attached hydrogen (secondary N) is 2. The van der Waals surface area contributed by atoms with Gasteiger partial charge in [0.15, 0.2) is 5.13 Å². The van der Waals surface area contributed by atoms with Crippen LogP contribution in [0.5, 0.6) is 0 Å². The molecule has 0 bridgehead atoms. The summed E-state index contributed by atoms with van der Waals surface area (Å²) < 4.78 is 27.9. The van der Waals surface area contributed by atoms with Gasteiger partial charge in [-0.1, -0.05) is 26.0 Å². The number of benzene rings is 1. The number of halogens is 1. The number of hydrogen-bond acceptors (Lipinski definition) is 7. The first-order valence-corrected chi connectivity index (χ1v) is 14.1. The Morgan fingerprint density at radius 2 is 1.85 bits per heavy atom. The summed E-state index contributed by atoms with van der Waals surface area (Å²) in [5, 5.41) is 4.97. The molecule has 1 aromatic carbocycles. The van der Waals surface area contributed by atoms with Gasteiger partial charge in [-0.2, -0.15) is 0 Å². The van der Waals surface area contributed by atoms with E-state index >= 15 is 0 Å². The molecule has 0 saturated heterocycles. The first kappa shape index (κ1) is 24.0. The van der Waals surface area contributed by atoms with Crippen LogP contribution in [-0.2, 0) is 15.6 Å². The van der Waals surface area contributed by atoms with Gasteiger partial charge in [0, 0.05) is 16.5 Å². The zero-order chi connectivity index (χ0) is 23.6. The standard InChI is InChI=1S/C22H24IN5O3S2/c1-3-22(4-2,18-13-32-21(26-18)28-33(30,31)16-9-10-16)27-20(29)15-7-5-14(6-8-15)17-11-24-12-19(23)25-17/h5-8,11-13,16H,3-4,9-10H2,1-2H3,(H,26,28)(H,27,29). The minimum atomic E-state index is -3.38. The van der Waals surface area contributed by atoms with Crippen LogP contribution in [0.1, 0.15) is 55.6 Å². The van der Waals surface area contributed by atoms with Crippen molar-refractivity contribution in [2.45, 2.75) is 50.3 Å². The van der Waals surface area contributed by atoms with E-state index in [0.717, 1.165) is 15.0 Å². The lowest BCUT2D eigenvalue weighted by molar-refractivity contribution is 0.0887. The summed E-state index contributed by atoms with van der Waals surface area (Å²) >= 11 is 3.35. The largest absolute Gasteiger partial charge is 0.341 e. The Bertz CT molecular complexity index is 1250. The first-order chi connectivity index (χ1) is 15.8. The quantitative estimate of drug-likeness (QED) is 0.350. The van der Waals surface area contributed by atoms with Gasteiger partial charge in [-0.3, -0.25) is 14.5 Å². The summed E-state index contributed by atoms with van der Waals surface area (Å²) in [6.07, 6.45) is 5.97. The number of aromatic nitrogens is 3. The second-order valence-electron chi connectivity index (χ2n) is 7.93. The third-order valence-electron chi connectivity index (χ3n) is 5.80. The molecular formula is C22H24IN5O3S2. The van der Waals surface area contributed by atoms with Crippen LogP contribution in [0.4, 0.5) is 5.13 Å². The number of sulfonamides is 1. The van der Waals surface area contributed by atoms with Gasteiger partial charge in [0.25, 0.3) is 5.91 Å². The van der Waals surface area contributed by atoms with E-state index < -0.39 is 15.6 Å². The Kier molecular flexibility index (Phi) is 7.01. The predicted molar refractivity (Wildman–Crippen MR) is 138 cm³/mol. The third-order valence-corrected chi connectivity index (χ3v) is 9.03. The van der Waals surface area contributed by atoms with Gasteiger partial charge >= 0.3 is 0 Å². The van der Waals surface area contributed by atoms with Crippen LogP contribution in [-0.4, -0.2) is 34.5 Å². The Balaban J connectivity index is 1.52. The van der Waals surface area contributed by atoms with Gasteiger partial charge < -0.3 is 5.32 Å². The number of thiazole rings is 1. The van der Waals surface area contributed by atoms with E-state index in [-0.39, 0.29) is 11.2 Å². The molecule has 2 N–H and O–H groups in total. The highest BCUT2D eigenvalue weighted by atomic mass is 127. The molecule has 4 rings (SSSR count). The fourth-order valence-corrected chi connectivity index (χ4v) is 6.37. The monoisotopic (exact) mass is 597 g/mol. The molecule has 1 fully saturated rings. The minimum Gasteiger partial charge on any atom is -0.341 e. The summed E-state index contributed by atoms with van der Waals surface area (Å²) in [7, 11) is -3.38. The molecule has 1 aliphatic rings. The molecular weight excluding hydrogens is 573 g/mol. The molecule has 0 aliphatic heterocycles. The van der Waals surface area contributed by atoms with Crippen molar-refractivity contribution >= 4 is 55.0 Å². The summed E-state index contributed by atoms with van der Waals surface area (Å²) in [4.78, 5) is 26.3. The molecule has 8 nitrogen and oxygen atoms in total. The summed E-state index contributed by atoms with van der Waals surface area (Å²) in [5.74, 6) is -0.216. The number of nitrogens with zero attached hydrogens (tertiary/aromatic N) is 3. The molecule has 33 heavy (non-hydrogen) atoms. The second-order valence-corrected chi connectivity index (χ2v) is 11.9. The molecule has 0 spiro atoms. The van der Waals surface area contributed by atoms with E-state index in [4.69, 9.17) is 0 Å². The van der Waals surface area contributed by atoms with E-state index in [2.05, 4.69) is 47.6 Å². The molecule has 3 aromatic rings. The number of amides is 1. The Labute approximate surface area is 210 Å². The minimum absolute atomic E-state index is 0.216. The number of carbonyl (C=O) groups is 1. The molecule has 174 valence electrons. The molecule has 1 aliphatic carbocycles. The van der Waals surface area contributed by atoms with Crippen LogP contribution in [0.2, 0.25) is 0 Å². The van der Waals surface area contributed by atoms with Crippen molar-refractivity contribution in [1.82, 2.24) is 20.3 Å². The Morgan fingerprint density at radius 3 is 2.45 bits per heavy atom. The molecule has 2 aromatic heterocycles. The lowest BCUT2D eigenvalue weighted by atomic mass is 9.89. The van der Waals surface area contributed by atoms with E-state index in [9.17, 15) is 13.2 Å². The molecule has 0 atom stereocenters. The lowest BCUT2D eigenvalue weighted by Crippen LogP contribution is -2.45. The smallest absolute Gasteiger partial charge is 0.252 e. The predicted octanol–water partition coefficient (Wildman–Crippen LogP) is 4.55. The van der Waals surface area contributed by atoms with Crippen molar-refractivity contribution in [3.8, 4) is 11.3 Å². The molecule has 1 amide bonds. The fraction of sp³-hybridized carbons (Fsp3) is 0.364. The SMILES string of the molecule is CCC(CC)(NC(=O)c1ccc(-c2cncc(I)n2)cc1)c1csc(NS(=O)(=O)C2CC2)n1. The number of carbonyl (C=O) groups excluding carboxylic acids is 1. The highest BCUT2D eigenvalue weighted by Crippen LogP contribution is 2.34. The van der Waals surface area contributed by atoms with E-state index in [0.29, 0.717) is 42.1 Å². The van der Waals surface area contributed by atoms with Crippen molar-refractivity contribution in [3.05, 3.63) is 57.0 Å². The molecule has 0 unspecified atom stereocenters. The summed E-state index contributed by atoms with van der Waals surface area (Å²) in [6, 6.07) is 7.22. The van der Waals surface area contributed by atoms with Gasteiger partial charge in [0.05, 0.1) is 34.6 Å². The maximum Gasteiger partial charge on any atom is 0.252 e.